The van der Waals surface area contributed by atoms with Gasteiger partial charge in [0.2, 0.25) is 0 Å². The van der Waals surface area contributed by atoms with E-state index in [1.807, 2.05) is 0 Å². The first-order valence-corrected chi connectivity index (χ1v) is 9.70. The van der Waals surface area contributed by atoms with Crippen LogP contribution >= 0.6 is 0 Å². The Labute approximate surface area is 148 Å². The second-order valence-electron chi connectivity index (χ2n) is 6.27. The summed E-state index contributed by atoms with van der Waals surface area (Å²) in [4.78, 5) is 7.22. The average Bonchev–Trinajstić information content (AvgIpc) is 3.06. The van der Waals surface area contributed by atoms with E-state index in [1.54, 1.807) is 0 Å². The Balaban J connectivity index is 2.09. The molecule has 1 atom stereocenters. The Morgan fingerprint density at radius 2 is 1.88 bits per heavy atom. The SMILES string of the molecule is CCCCOCCOCCNC(=NCC1CCN(CC)C1)NCC. The van der Waals surface area contributed by atoms with Crippen LogP contribution in [0.15, 0.2) is 4.99 Å². The second-order valence-corrected chi connectivity index (χ2v) is 6.27. The summed E-state index contributed by atoms with van der Waals surface area (Å²) in [5.41, 5.74) is 0. The van der Waals surface area contributed by atoms with Gasteiger partial charge in [0.1, 0.15) is 0 Å². The van der Waals surface area contributed by atoms with E-state index in [4.69, 9.17) is 14.5 Å². The van der Waals surface area contributed by atoms with Crippen LogP contribution in [0.1, 0.15) is 40.0 Å². The largest absolute Gasteiger partial charge is 0.379 e. The average molecular weight is 343 g/mol. The van der Waals surface area contributed by atoms with Gasteiger partial charge in [-0.2, -0.15) is 0 Å². The molecule has 0 aromatic rings. The summed E-state index contributed by atoms with van der Waals surface area (Å²) in [7, 11) is 0. The van der Waals surface area contributed by atoms with Gasteiger partial charge in [0.05, 0.1) is 19.8 Å². The molecule has 6 nitrogen and oxygen atoms in total. The molecule has 142 valence electrons. The number of guanidine groups is 1. The van der Waals surface area contributed by atoms with Crippen LogP contribution in [0, 0.1) is 5.92 Å². The van der Waals surface area contributed by atoms with Gasteiger partial charge in [0, 0.05) is 32.8 Å². The quantitative estimate of drug-likeness (QED) is 0.303. The third-order valence-corrected chi connectivity index (χ3v) is 4.22. The van der Waals surface area contributed by atoms with Crippen molar-refractivity contribution in [3.05, 3.63) is 0 Å². The highest BCUT2D eigenvalue weighted by atomic mass is 16.5. The molecule has 0 spiro atoms. The monoisotopic (exact) mass is 342 g/mol. The van der Waals surface area contributed by atoms with Crippen molar-refractivity contribution in [2.24, 2.45) is 10.9 Å². The molecular formula is C18H38N4O2. The summed E-state index contributed by atoms with van der Waals surface area (Å²) in [5, 5.41) is 6.64. The lowest BCUT2D eigenvalue weighted by Crippen LogP contribution is -2.39. The van der Waals surface area contributed by atoms with Crippen LogP contribution in [0.3, 0.4) is 0 Å². The molecule has 1 fully saturated rings. The molecule has 0 saturated carbocycles. The van der Waals surface area contributed by atoms with Crippen molar-refractivity contribution < 1.29 is 9.47 Å². The summed E-state index contributed by atoms with van der Waals surface area (Å²) in [6, 6.07) is 0. The van der Waals surface area contributed by atoms with Crippen LogP contribution in [-0.4, -0.2) is 76.6 Å². The van der Waals surface area contributed by atoms with Crippen molar-refractivity contribution >= 4 is 5.96 Å². The van der Waals surface area contributed by atoms with Gasteiger partial charge < -0.3 is 25.0 Å². The minimum absolute atomic E-state index is 0.661. The Bertz CT molecular complexity index is 326. The van der Waals surface area contributed by atoms with Gasteiger partial charge in [-0.15, -0.1) is 0 Å². The highest BCUT2D eigenvalue weighted by Gasteiger charge is 2.20. The fourth-order valence-corrected chi connectivity index (χ4v) is 2.72. The first kappa shape index (κ1) is 21.2. The predicted molar refractivity (Wildman–Crippen MR) is 101 cm³/mol. The molecular weight excluding hydrogens is 304 g/mol. The Morgan fingerprint density at radius 1 is 1.08 bits per heavy atom. The number of hydrogen-bond donors (Lipinski definition) is 2. The van der Waals surface area contributed by atoms with Gasteiger partial charge in [0.25, 0.3) is 0 Å². The summed E-state index contributed by atoms with van der Waals surface area (Å²) >= 11 is 0. The summed E-state index contributed by atoms with van der Waals surface area (Å²) in [5.74, 6) is 1.59. The number of ether oxygens (including phenoxy) is 2. The van der Waals surface area contributed by atoms with Gasteiger partial charge in [-0.1, -0.05) is 20.3 Å². The molecule has 0 radical (unpaired) electrons. The smallest absolute Gasteiger partial charge is 0.191 e. The number of rotatable bonds is 13. The molecule has 1 aliphatic rings. The van der Waals surface area contributed by atoms with Crippen LogP contribution in [0.25, 0.3) is 0 Å². The fraction of sp³-hybridized carbons (Fsp3) is 0.944. The maximum absolute atomic E-state index is 5.57. The molecule has 0 aliphatic carbocycles. The molecule has 1 saturated heterocycles. The molecule has 1 heterocycles. The number of aliphatic imine (C=N–C) groups is 1. The highest BCUT2D eigenvalue weighted by molar-refractivity contribution is 5.79. The van der Waals surface area contributed by atoms with Crippen LogP contribution in [0.4, 0.5) is 0 Å². The van der Waals surface area contributed by atoms with Crippen LogP contribution in [0.5, 0.6) is 0 Å². The highest BCUT2D eigenvalue weighted by Crippen LogP contribution is 2.15. The van der Waals surface area contributed by atoms with Crippen LogP contribution in [0.2, 0.25) is 0 Å². The predicted octanol–water partition coefficient (Wildman–Crippen LogP) is 1.72. The van der Waals surface area contributed by atoms with Crippen LogP contribution < -0.4 is 10.6 Å². The van der Waals surface area contributed by atoms with Gasteiger partial charge in [-0.3, -0.25) is 4.99 Å². The lowest BCUT2D eigenvalue weighted by molar-refractivity contribution is 0.0487. The Kier molecular flexibility index (Phi) is 12.8. The maximum Gasteiger partial charge on any atom is 0.191 e. The third kappa shape index (κ3) is 10.1. The van der Waals surface area contributed by atoms with Crippen molar-refractivity contribution in [1.82, 2.24) is 15.5 Å². The number of unbranched alkanes of at least 4 members (excludes halogenated alkanes) is 1. The molecule has 2 N–H and O–H groups in total. The van der Waals surface area contributed by atoms with Gasteiger partial charge in [-0.25, -0.2) is 0 Å². The third-order valence-electron chi connectivity index (χ3n) is 4.22. The van der Waals surface area contributed by atoms with E-state index in [0.717, 1.165) is 45.2 Å². The maximum atomic E-state index is 5.57. The zero-order chi connectivity index (χ0) is 17.5. The van der Waals surface area contributed by atoms with E-state index >= 15 is 0 Å². The number of nitrogens with zero attached hydrogens (tertiary/aromatic N) is 2. The molecule has 0 aromatic carbocycles. The van der Waals surface area contributed by atoms with E-state index in [1.165, 1.54) is 25.9 Å². The van der Waals surface area contributed by atoms with Crippen molar-refractivity contribution in [3.63, 3.8) is 0 Å². The molecule has 0 aromatic heterocycles. The number of hydrogen-bond acceptors (Lipinski definition) is 4. The second kappa shape index (κ2) is 14.5. The molecule has 1 rings (SSSR count). The Morgan fingerprint density at radius 3 is 2.54 bits per heavy atom. The van der Waals surface area contributed by atoms with Crippen molar-refractivity contribution in [3.8, 4) is 0 Å². The first-order chi connectivity index (χ1) is 11.8. The summed E-state index contributed by atoms with van der Waals surface area (Å²) in [6.45, 7) is 15.4. The fourth-order valence-electron chi connectivity index (χ4n) is 2.72. The molecule has 24 heavy (non-hydrogen) atoms. The summed E-state index contributed by atoms with van der Waals surface area (Å²) in [6.07, 6.45) is 3.56. The standard InChI is InChI=1S/C18H38N4O2/c1-4-7-11-23-13-14-24-12-9-20-18(19-5-2)21-15-17-8-10-22(6-3)16-17/h17H,4-16H2,1-3H3,(H2,19,20,21). The normalized spacial score (nSPS) is 19.0. The van der Waals surface area contributed by atoms with Gasteiger partial charge >= 0.3 is 0 Å². The summed E-state index contributed by atoms with van der Waals surface area (Å²) < 4.78 is 11.0. The van der Waals surface area contributed by atoms with Crippen LogP contribution in [-0.2, 0) is 9.47 Å². The number of nitrogens with one attached hydrogen (secondary N) is 2. The van der Waals surface area contributed by atoms with Crippen molar-refractivity contribution in [1.29, 1.82) is 0 Å². The van der Waals surface area contributed by atoms with Crippen molar-refractivity contribution in [2.75, 3.05) is 65.7 Å². The topological polar surface area (TPSA) is 58.1 Å². The first-order valence-electron chi connectivity index (χ1n) is 9.70. The van der Waals surface area contributed by atoms with E-state index < -0.39 is 0 Å². The van der Waals surface area contributed by atoms with E-state index in [0.29, 0.717) is 25.7 Å². The molecule has 6 heteroatoms. The van der Waals surface area contributed by atoms with E-state index in [2.05, 4.69) is 36.3 Å². The van der Waals surface area contributed by atoms with Gasteiger partial charge in [0.15, 0.2) is 5.96 Å². The zero-order valence-corrected chi connectivity index (χ0v) is 16.0. The molecule has 0 bridgehead atoms. The minimum atomic E-state index is 0.661. The Hall–Kier alpha value is -0.850. The lowest BCUT2D eigenvalue weighted by Gasteiger charge is -2.14. The minimum Gasteiger partial charge on any atom is -0.379 e. The molecule has 1 aliphatic heterocycles. The number of likely N-dealkylation sites (tertiary alicyclic amines) is 1. The lowest BCUT2D eigenvalue weighted by atomic mass is 10.1. The molecule has 1 unspecified atom stereocenters. The van der Waals surface area contributed by atoms with E-state index in [9.17, 15) is 0 Å². The van der Waals surface area contributed by atoms with Crippen molar-refractivity contribution in [2.45, 2.75) is 40.0 Å². The zero-order valence-electron chi connectivity index (χ0n) is 16.0. The molecule has 0 amide bonds. The van der Waals surface area contributed by atoms with E-state index in [-0.39, 0.29) is 0 Å². The van der Waals surface area contributed by atoms with Gasteiger partial charge in [-0.05, 0) is 38.8 Å².